The third kappa shape index (κ3) is 5.24. The normalized spacial score (nSPS) is 10.1. The van der Waals surface area contributed by atoms with Crippen LogP contribution in [0.1, 0.15) is 5.56 Å². The van der Waals surface area contributed by atoms with Gasteiger partial charge in [-0.1, -0.05) is 27.5 Å². The number of anilines is 1. The molecule has 0 fully saturated rings. The van der Waals surface area contributed by atoms with Gasteiger partial charge < -0.3 is 15.4 Å². The highest BCUT2D eigenvalue weighted by molar-refractivity contribution is 9.10. The first kappa shape index (κ1) is 16.6. The molecule has 0 spiro atoms. The van der Waals surface area contributed by atoms with E-state index in [1.165, 1.54) is 0 Å². The van der Waals surface area contributed by atoms with Gasteiger partial charge in [0.2, 0.25) is 0 Å². The molecule has 0 aliphatic carbocycles. The molecule has 6 heteroatoms. The van der Waals surface area contributed by atoms with Crippen LogP contribution in [0.25, 0.3) is 0 Å². The molecule has 0 atom stereocenters. The summed E-state index contributed by atoms with van der Waals surface area (Å²) in [5, 5.41) is 6.16. The second kappa shape index (κ2) is 8.06. The van der Waals surface area contributed by atoms with Crippen LogP contribution in [-0.2, 0) is 0 Å². The van der Waals surface area contributed by atoms with Gasteiger partial charge in [0, 0.05) is 15.2 Å². The van der Waals surface area contributed by atoms with Crippen LogP contribution < -0.4 is 15.4 Å². The number of benzene rings is 2. The minimum Gasteiger partial charge on any atom is -0.492 e. The van der Waals surface area contributed by atoms with Crippen molar-refractivity contribution in [1.82, 2.24) is 5.32 Å². The fraction of sp³-hybridized carbons (Fsp3) is 0.188. The van der Waals surface area contributed by atoms with Crippen molar-refractivity contribution in [3.63, 3.8) is 0 Å². The molecule has 0 aliphatic rings. The Kier molecular flexibility index (Phi) is 6.10. The number of ether oxygens (including phenoxy) is 1. The van der Waals surface area contributed by atoms with Gasteiger partial charge in [0.1, 0.15) is 12.4 Å². The van der Waals surface area contributed by atoms with Gasteiger partial charge in [-0.2, -0.15) is 0 Å². The molecule has 0 saturated carbocycles. The van der Waals surface area contributed by atoms with Gasteiger partial charge in [-0.3, -0.25) is 0 Å². The van der Waals surface area contributed by atoms with Crippen LogP contribution in [0.2, 0.25) is 5.02 Å². The summed E-state index contributed by atoms with van der Waals surface area (Å²) >= 11 is 9.24. The van der Waals surface area contributed by atoms with Crippen molar-refractivity contribution < 1.29 is 9.53 Å². The van der Waals surface area contributed by atoms with Gasteiger partial charge in [-0.25, -0.2) is 4.79 Å². The zero-order valence-electron chi connectivity index (χ0n) is 12.0. The van der Waals surface area contributed by atoms with Crippen LogP contribution in [0, 0.1) is 6.92 Å². The fourth-order valence-corrected chi connectivity index (χ4v) is 2.29. The first-order chi connectivity index (χ1) is 10.5. The number of hydrogen-bond acceptors (Lipinski definition) is 2. The Hall–Kier alpha value is -1.72. The van der Waals surface area contributed by atoms with Crippen LogP contribution in [0.4, 0.5) is 10.5 Å². The molecule has 116 valence electrons. The number of carbonyl (C=O) groups excluding carboxylic acids is 1. The van der Waals surface area contributed by atoms with Crippen LogP contribution in [0.3, 0.4) is 0 Å². The van der Waals surface area contributed by atoms with E-state index in [4.69, 9.17) is 16.3 Å². The van der Waals surface area contributed by atoms with E-state index in [9.17, 15) is 4.79 Å². The smallest absolute Gasteiger partial charge is 0.319 e. The van der Waals surface area contributed by atoms with Crippen molar-refractivity contribution in [2.75, 3.05) is 18.5 Å². The van der Waals surface area contributed by atoms with Crippen molar-refractivity contribution in [2.45, 2.75) is 6.92 Å². The molecular weight excluding hydrogens is 368 g/mol. The van der Waals surface area contributed by atoms with E-state index in [0.717, 1.165) is 21.5 Å². The number of halogens is 2. The Labute approximate surface area is 142 Å². The largest absolute Gasteiger partial charge is 0.492 e. The lowest BCUT2D eigenvalue weighted by Crippen LogP contribution is -2.32. The molecule has 0 saturated heterocycles. The number of hydrogen-bond donors (Lipinski definition) is 2. The summed E-state index contributed by atoms with van der Waals surface area (Å²) in [5.41, 5.74) is 1.64. The zero-order chi connectivity index (χ0) is 15.9. The molecule has 0 bridgehead atoms. The van der Waals surface area contributed by atoms with Crippen molar-refractivity contribution in [1.29, 1.82) is 0 Å². The van der Waals surface area contributed by atoms with E-state index in [2.05, 4.69) is 26.6 Å². The zero-order valence-corrected chi connectivity index (χ0v) is 14.4. The number of aryl methyl sites for hydroxylation is 1. The molecule has 22 heavy (non-hydrogen) atoms. The topological polar surface area (TPSA) is 50.4 Å². The summed E-state index contributed by atoms with van der Waals surface area (Å²) in [7, 11) is 0. The molecule has 2 rings (SSSR count). The molecule has 0 radical (unpaired) electrons. The van der Waals surface area contributed by atoms with E-state index in [-0.39, 0.29) is 6.03 Å². The summed E-state index contributed by atoms with van der Waals surface area (Å²) in [6.07, 6.45) is 0. The van der Waals surface area contributed by atoms with Gasteiger partial charge in [0.15, 0.2) is 0 Å². The van der Waals surface area contributed by atoms with Gasteiger partial charge in [-0.05, 0) is 55.0 Å². The van der Waals surface area contributed by atoms with Crippen molar-refractivity contribution in [3.8, 4) is 5.75 Å². The lowest BCUT2D eigenvalue weighted by atomic mass is 10.2. The van der Waals surface area contributed by atoms with Gasteiger partial charge in [0.05, 0.1) is 6.54 Å². The quantitative estimate of drug-likeness (QED) is 0.741. The molecule has 0 unspecified atom stereocenters. The number of nitrogens with one attached hydrogen (secondary N) is 2. The number of rotatable bonds is 5. The molecule has 2 aromatic rings. The lowest BCUT2D eigenvalue weighted by Gasteiger charge is -2.11. The fourth-order valence-electron chi connectivity index (χ4n) is 1.80. The second-order valence-electron chi connectivity index (χ2n) is 4.64. The predicted molar refractivity (Wildman–Crippen MR) is 92.8 cm³/mol. The minimum atomic E-state index is -0.273. The average Bonchev–Trinajstić information content (AvgIpc) is 2.48. The van der Waals surface area contributed by atoms with E-state index in [1.807, 2.05) is 31.2 Å². The lowest BCUT2D eigenvalue weighted by molar-refractivity contribution is 0.247. The second-order valence-corrected chi connectivity index (χ2v) is 5.99. The van der Waals surface area contributed by atoms with Gasteiger partial charge >= 0.3 is 6.03 Å². The molecule has 2 amide bonds. The molecule has 0 aliphatic heterocycles. The Morgan fingerprint density at radius 3 is 2.64 bits per heavy atom. The van der Waals surface area contributed by atoms with Gasteiger partial charge in [-0.15, -0.1) is 0 Å². The van der Waals surface area contributed by atoms with Crippen molar-refractivity contribution in [2.24, 2.45) is 0 Å². The third-order valence-electron chi connectivity index (χ3n) is 2.91. The van der Waals surface area contributed by atoms with Crippen molar-refractivity contribution in [3.05, 3.63) is 57.5 Å². The molecule has 4 nitrogen and oxygen atoms in total. The maximum Gasteiger partial charge on any atom is 0.319 e. The Morgan fingerprint density at radius 2 is 1.95 bits per heavy atom. The molecule has 0 heterocycles. The maximum atomic E-state index is 11.8. The molecule has 2 N–H and O–H groups in total. The summed E-state index contributed by atoms with van der Waals surface area (Å²) in [5.74, 6) is 0.763. The van der Waals surface area contributed by atoms with Crippen LogP contribution in [0.15, 0.2) is 46.9 Å². The van der Waals surface area contributed by atoms with Crippen LogP contribution in [-0.4, -0.2) is 19.2 Å². The monoisotopic (exact) mass is 382 g/mol. The predicted octanol–water partition coefficient (Wildman–Crippen LogP) is 4.61. The van der Waals surface area contributed by atoms with E-state index >= 15 is 0 Å². The van der Waals surface area contributed by atoms with Crippen molar-refractivity contribution >= 4 is 39.2 Å². The van der Waals surface area contributed by atoms with Crippen LogP contribution >= 0.6 is 27.5 Å². The number of urea groups is 1. The Bertz CT molecular complexity index is 647. The summed E-state index contributed by atoms with van der Waals surface area (Å²) in [6, 6.07) is 12.6. The SMILES string of the molecule is Cc1cc(Cl)ccc1NC(=O)NCCOc1ccc(Br)cc1. The van der Waals surface area contributed by atoms with E-state index in [0.29, 0.717) is 18.2 Å². The first-order valence-corrected chi connectivity index (χ1v) is 7.91. The minimum absolute atomic E-state index is 0.273. The molecule has 0 aromatic heterocycles. The standard InChI is InChI=1S/C16H16BrClN2O2/c1-11-10-13(18)4-7-15(11)20-16(21)19-8-9-22-14-5-2-12(17)3-6-14/h2-7,10H,8-9H2,1H3,(H2,19,20,21). The molecule has 2 aromatic carbocycles. The number of amides is 2. The average molecular weight is 384 g/mol. The van der Waals surface area contributed by atoms with E-state index in [1.54, 1.807) is 18.2 Å². The highest BCUT2D eigenvalue weighted by Crippen LogP contribution is 2.19. The first-order valence-electron chi connectivity index (χ1n) is 6.74. The van der Waals surface area contributed by atoms with E-state index < -0.39 is 0 Å². The summed E-state index contributed by atoms with van der Waals surface area (Å²) in [4.78, 5) is 11.8. The third-order valence-corrected chi connectivity index (χ3v) is 3.67. The maximum absolute atomic E-state index is 11.8. The Balaban J connectivity index is 1.72. The number of carbonyl (C=O) groups is 1. The highest BCUT2D eigenvalue weighted by Gasteiger charge is 2.04. The van der Waals surface area contributed by atoms with Crippen LogP contribution in [0.5, 0.6) is 5.75 Å². The summed E-state index contributed by atoms with van der Waals surface area (Å²) < 4.78 is 6.52. The van der Waals surface area contributed by atoms with Gasteiger partial charge in [0.25, 0.3) is 0 Å². The Morgan fingerprint density at radius 1 is 1.23 bits per heavy atom. The highest BCUT2D eigenvalue weighted by atomic mass is 79.9. The molecular formula is C16H16BrClN2O2. The summed E-state index contributed by atoms with van der Waals surface area (Å²) in [6.45, 7) is 2.70.